The normalized spacial score (nSPS) is 25.7. The number of aryl methyl sites for hydroxylation is 1. The molecule has 3 aliphatic rings. The third-order valence-electron chi connectivity index (χ3n) is 12.7. The predicted octanol–water partition coefficient (Wildman–Crippen LogP) is 2.29. The van der Waals surface area contributed by atoms with Gasteiger partial charge in [0.25, 0.3) is 0 Å². The molecule has 0 saturated heterocycles. The zero-order chi connectivity index (χ0) is 41.4. The second kappa shape index (κ2) is 19.4. The number of unbranched alkanes of at least 4 members (excludes halogenated alkanes) is 1. The number of amides is 3. The van der Waals surface area contributed by atoms with Crippen molar-refractivity contribution in [3.8, 4) is 11.5 Å². The molecule has 2 fully saturated rings. The molecule has 3 aliphatic carbocycles. The molecular formula is C43H61N5O9. The topological polar surface area (TPSA) is 229 Å². The molecule has 312 valence electrons. The van der Waals surface area contributed by atoms with E-state index in [4.69, 9.17) is 10.5 Å². The van der Waals surface area contributed by atoms with Gasteiger partial charge in [0.05, 0.1) is 24.3 Å². The Hall–Kier alpha value is -4.37. The van der Waals surface area contributed by atoms with E-state index in [0.717, 1.165) is 37.7 Å². The zero-order valence-corrected chi connectivity index (χ0v) is 33.6. The summed E-state index contributed by atoms with van der Waals surface area (Å²) < 4.78 is 5.69. The number of carbonyl (C=O) groups is 5. The Labute approximate surface area is 335 Å². The van der Waals surface area contributed by atoms with Crippen molar-refractivity contribution in [1.82, 2.24) is 21.3 Å². The number of ether oxygens (including phenoxy) is 1. The summed E-state index contributed by atoms with van der Waals surface area (Å²) in [6, 6.07) is 8.23. The maximum absolute atomic E-state index is 13.5. The van der Waals surface area contributed by atoms with Gasteiger partial charge in [-0.15, -0.1) is 0 Å². The minimum Gasteiger partial charge on any atom is -0.508 e. The van der Waals surface area contributed by atoms with Crippen molar-refractivity contribution >= 4 is 29.5 Å². The second-order valence-corrected chi connectivity index (χ2v) is 16.5. The van der Waals surface area contributed by atoms with Crippen molar-refractivity contribution in [3.05, 3.63) is 59.2 Å². The molecule has 4 unspecified atom stereocenters. The number of fused-ring (bicyclic) bond motifs is 5. The van der Waals surface area contributed by atoms with E-state index < -0.39 is 54.2 Å². The summed E-state index contributed by atoms with van der Waals surface area (Å²) in [5, 5.41) is 42.0. The number of phenolic OH excluding ortho intramolecular Hbond substituents is 1. The summed E-state index contributed by atoms with van der Waals surface area (Å²) in [5.41, 5.74) is 8.37. The summed E-state index contributed by atoms with van der Waals surface area (Å²) in [7, 11) is 1.66. The van der Waals surface area contributed by atoms with Gasteiger partial charge in [0, 0.05) is 12.8 Å². The number of nitrogens with one attached hydrogen (secondary N) is 4. The van der Waals surface area contributed by atoms with Gasteiger partial charge in [-0.05, 0) is 143 Å². The van der Waals surface area contributed by atoms with Crippen molar-refractivity contribution in [2.75, 3.05) is 13.6 Å². The van der Waals surface area contributed by atoms with E-state index in [0.29, 0.717) is 49.0 Å². The van der Waals surface area contributed by atoms with E-state index in [2.05, 4.69) is 28.2 Å². The highest BCUT2D eigenvalue weighted by atomic mass is 16.5. The summed E-state index contributed by atoms with van der Waals surface area (Å²) in [4.78, 5) is 65.6. The smallest absolute Gasteiger partial charge is 0.311 e. The van der Waals surface area contributed by atoms with Crippen molar-refractivity contribution in [2.45, 2.75) is 134 Å². The van der Waals surface area contributed by atoms with Gasteiger partial charge in [-0.25, -0.2) is 0 Å². The quantitative estimate of drug-likeness (QED) is 0.0621. The molecule has 2 saturated carbocycles. The summed E-state index contributed by atoms with van der Waals surface area (Å²) >= 11 is 0. The van der Waals surface area contributed by atoms with E-state index in [-0.39, 0.29) is 48.0 Å². The Bertz CT molecular complexity index is 1750. The van der Waals surface area contributed by atoms with Crippen LogP contribution >= 0.6 is 0 Å². The van der Waals surface area contributed by atoms with Crippen LogP contribution in [0.5, 0.6) is 11.5 Å². The molecular weight excluding hydrogens is 730 g/mol. The Morgan fingerprint density at radius 3 is 2.30 bits per heavy atom. The highest BCUT2D eigenvalue weighted by Gasteiger charge is 2.57. The van der Waals surface area contributed by atoms with E-state index in [1.807, 2.05) is 12.1 Å². The number of rotatable bonds is 18. The average Bonchev–Trinajstić information content (AvgIpc) is 3.42. The molecule has 2 aromatic rings. The van der Waals surface area contributed by atoms with E-state index in [9.17, 15) is 39.3 Å². The molecule has 5 rings (SSSR count). The maximum atomic E-state index is 13.5. The van der Waals surface area contributed by atoms with Crippen LogP contribution in [0, 0.1) is 17.3 Å². The number of hydrogen-bond acceptors (Lipinski definition) is 11. The molecule has 0 spiro atoms. The highest BCUT2D eigenvalue weighted by Crippen LogP contribution is 2.61. The number of aliphatic hydroxyl groups excluding tert-OH is 2. The predicted molar refractivity (Wildman–Crippen MR) is 213 cm³/mol. The third kappa shape index (κ3) is 10.6. The number of benzene rings is 2. The van der Waals surface area contributed by atoms with Gasteiger partial charge >= 0.3 is 5.97 Å². The van der Waals surface area contributed by atoms with Gasteiger partial charge in [-0.2, -0.15) is 0 Å². The monoisotopic (exact) mass is 791 g/mol. The van der Waals surface area contributed by atoms with Gasteiger partial charge in [-0.3, -0.25) is 24.0 Å². The number of ketones is 1. The second-order valence-electron chi connectivity index (χ2n) is 16.5. The number of aromatic hydroxyl groups is 1. The lowest BCUT2D eigenvalue weighted by Gasteiger charge is -2.49. The van der Waals surface area contributed by atoms with Crippen molar-refractivity contribution in [2.24, 2.45) is 23.0 Å². The number of esters is 1. The summed E-state index contributed by atoms with van der Waals surface area (Å²) in [5.74, 6) is -1.13. The van der Waals surface area contributed by atoms with Gasteiger partial charge in [-0.1, -0.05) is 31.5 Å². The first kappa shape index (κ1) is 43.7. The molecule has 0 heterocycles. The molecule has 14 nitrogen and oxygen atoms in total. The van der Waals surface area contributed by atoms with Crippen molar-refractivity contribution < 1.29 is 44.0 Å². The lowest BCUT2D eigenvalue weighted by molar-refractivity contribution is -0.135. The SMILES string of the molecule is CNC(CCCCN)C(=O)NC(Cc1ccc(O)cc1)C(=O)NC(C)C(=O)NC(CCC(=O)Oc1ccc2c(c1)CC[C@@H]1[C@@H]2CC[C@]2(C)[C@@H](O)[C@H](O)C[C@@H]12)C(C)=O. The number of phenols is 1. The van der Waals surface area contributed by atoms with E-state index in [1.165, 1.54) is 31.5 Å². The first-order valence-electron chi connectivity index (χ1n) is 20.4. The summed E-state index contributed by atoms with van der Waals surface area (Å²) in [6.45, 7) is 5.39. The third-order valence-corrected chi connectivity index (χ3v) is 12.7. The van der Waals surface area contributed by atoms with Crippen LogP contribution in [0.25, 0.3) is 0 Å². The van der Waals surface area contributed by atoms with Gasteiger partial charge in [0.15, 0.2) is 5.78 Å². The van der Waals surface area contributed by atoms with Gasteiger partial charge in [0.1, 0.15) is 23.6 Å². The molecule has 57 heavy (non-hydrogen) atoms. The lowest BCUT2D eigenvalue weighted by Crippen LogP contribution is -2.57. The number of carbonyl (C=O) groups excluding carboxylic acids is 5. The first-order valence-corrected chi connectivity index (χ1v) is 20.4. The molecule has 0 aliphatic heterocycles. The molecule has 2 aromatic carbocycles. The van der Waals surface area contributed by atoms with Crippen molar-refractivity contribution in [1.29, 1.82) is 0 Å². The average molecular weight is 792 g/mol. The lowest BCUT2D eigenvalue weighted by atomic mass is 9.55. The fraction of sp³-hybridized carbons (Fsp3) is 0.605. The fourth-order valence-corrected chi connectivity index (χ4v) is 9.36. The number of Topliss-reactive ketones (excluding diaryl/α,β-unsaturated/α-hetero) is 1. The molecule has 14 heteroatoms. The van der Waals surface area contributed by atoms with Gasteiger partial charge < -0.3 is 47.1 Å². The largest absolute Gasteiger partial charge is 0.508 e. The Morgan fingerprint density at radius 2 is 1.61 bits per heavy atom. The Morgan fingerprint density at radius 1 is 0.912 bits per heavy atom. The first-order chi connectivity index (χ1) is 27.1. The van der Waals surface area contributed by atoms with Crippen LogP contribution in [-0.2, 0) is 36.8 Å². The Balaban J connectivity index is 1.14. The van der Waals surface area contributed by atoms with Crippen LogP contribution in [0.3, 0.4) is 0 Å². The minimum atomic E-state index is -1.09. The number of aliphatic hydroxyl groups is 2. The standard InChI is InChI=1S/C43H61N5O9/c1-24(46-42(56)36(21-26-8-11-28(50)12-9-26)48-41(55)35(45-4)7-5-6-20-44)40(54)47-34(25(2)49)16-17-38(52)57-29-13-15-30-27(22-29)10-14-32-31(30)18-19-43(3)33(32)23-37(51)39(43)53/h8-9,11-13,15,22,24,31-37,39,45,50-51,53H,5-7,10,14,16-21,23,44H2,1-4H3,(H,46,56)(H,47,54)(H,48,55)/t24?,31-,32-,33+,34?,35?,36?,37-,39+,43+/m1/s1. The van der Waals surface area contributed by atoms with Crippen molar-refractivity contribution in [3.63, 3.8) is 0 Å². The number of likely N-dealkylation sites (N-methyl/N-ethyl adjacent to an activating group) is 1. The minimum absolute atomic E-state index is 0.0117. The van der Waals surface area contributed by atoms with E-state index >= 15 is 0 Å². The van der Waals surface area contributed by atoms with Crippen LogP contribution < -0.4 is 31.7 Å². The highest BCUT2D eigenvalue weighted by molar-refractivity contribution is 5.94. The maximum Gasteiger partial charge on any atom is 0.311 e. The van der Waals surface area contributed by atoms with Crippen LogP contribution in [-0.4, -0.2) is 94.8 Å². The molecule has 10 atom stereocenters. The van der Waals surface area contributed by atoms with Crippen LogP contribution in [0.1, 0.15) is 101 Å². The molecule has 0 radical (unpaired) electrons. The Kier molecular flexibility index (Phi) is 14.9. The zero-order valence-electron chi connectivity index (χ0n) is 33.6. The number of hydrogen-bond donors (Lipinski definition) is 8. The van der Waals surface area contributed by atoms with E-state index in [1.54, 1.807) is 25.2 Å². The van der Waals surface area contributed by atoms with Crippen LogP contribution in [0.15, 0.2) is 42.5 Å². The van der Waals surface area contributed by atoms with Crippen LogP contribution in [0.4, 0.5) is 0 Å². The molecule has 0 aromatic heterocycles. The summed E-state index contributed by atoms with van der Waals surface area (Å²) in [6.07, 6.45) is 4.68. The van der Waals surface area contributed by atoms with Crippen LogP contribution in [0.2, 0.25) is 0 Å². The molecule has 0 bridgehead atoms. The molecule has 3 amide bonds. The fourth-order valence-electron chi connectivity index (χ4n) is 9.36. The number of nitrogens with two attached hydrogens (primary N) is 1. The molecule has 9 N–H and O–H groups in total. The van der Waals surface area contributed by atoms with Gasteiger partial charge in [0.2, 0.25) is 17.7 Å².